The molecule has 168 valence electrons. The fourth-order valence-electron chi connectivity index (χ4n) is 2.94. The van der Waals surface area contributed by atoms with E-state index in [-0.39, 0.29) is 35.0 Å². The van der Waals surface area contributed by atoms with Gasteiger partial charge in [0.2, 0.25) is 0 Å². The van der Waals surface area contributed by atoms with Crippen molar-refractivity contribution in [1.82, 2.24) is 5.32 Å². The van der Waals surface area contributed by atoms with Crippen LogP contribution in [0.5, 0.6) is 5.75 Å². The summed E-state index contributed by atoms with van der Waals surface area (Å²) in [5.74, 6) is -0.850. The molecule has 3 aromatic rings. The van der Waals surface area contributed by atoms with Crippen LogP contribution in [-0.4, -0.2) is 20.9 Å². The van der Waals surface area contributed by atoms with Crippen LogP contribution in [0.2, 0.25) is 0 Å². The third-order valence-electron chi connectivity index (χ3n) is 4.66. The maximum Gasteiger partial charge on any atom is 0.261 e. The second kappa shape index (κ2) is 9.78. The van der Waals surface area contributed by atoms with E-state index in [1.165, 1.54) is 42.5 Å². The Morgan fingerprint density at radius 3 is 2.16 bits per heavy atom. The normalized spacial score (nSPS) is 12.1. The maximum absolute atomic E-state index is 13.0. The number of carbonyl (C=O) groups excluding carboxylic acids is 1. The summed E-state index contributed by atoms with van der Waals surface area (Å²) in [4.78, 5) is 12.2. The van der Waals surface area contributed by atoms with Crippen molar-refractivity contribution in [3.63, 3.8) is 0 Å². The molecule has 0 saturated heterocycles. The Hall–Kier alpha value is -3.46. The van der Waals surface area contributed by atoms with Crippen LogP contribution in [0, 0.1) is 18.6 Å². The highest BCUT2D eigenvalue weighted by atomic mass is 32.2. The molecule has 3 rings (SSSR count). The summed E-state index contributed by atoms with van der Waals surface area (Å²) in [6.07, 6.45) is 0. The predicted octanol–water partition coefficient (Wildman–Crippen LogP) is 4.33. The molecule has 0 spiro atoms. The summed E-state index contributed by atoms with van der Waals surface area (Å²) in [5, 5.41) is 2.75. The number of rotatable bonds is 8. The third-order valence-corrected chi connectivity index (χ3v) is 6.04. The molecular weight excluding hydrogens is 438 g/mol. The molecule has 0 aliphatic rings. The van der Waals surface area contributed by atoms with Crippen molar-refractivity contribution >= 4 is 21.6 Å². The number of halogens is 2. The summed E-state index contributed by atoms with van der Waals surface area (Å²) in [6.45, 7) is 3.15. The fraction of sp³-hybridized carbons (Fsp3) is 0.174. The number of ether oxygens (including phenoxy) is 1. The van der Waals surface area contributed by atoms with Crippen LogP contribution in [0.25, 0.3) is 0 Å². The molecule has 0 fully saturated rings. The molecule has 0 aliphatic heterocycles. The number of hydrogen-bond donors (Lipinski definition) is 2. The highest BCUT2D eigenvalue weighted by Gasteiger charge is 2.17. The molecule has 1 amide bonds. The van der Waals surface area contributed by atoms with E-state index in [0.717, 1.165) is 17.7 Å². The van der Waals surface area contributed by atoms with Crippen LogP contribution in [-0.2, 0) is 14.8 Å². The van der Waals surface area contributed by atoms with E-state index >= 15 is 0 Å². The Balaban J connectivity index is 1.60. The van der Waals surface area contributed by atoms with Crippen molar-refractivity contribution in [3.05, 3.63) is 89.5 Å². The molecule has 0 heterocycles. The molecule has 1 atom stereocenters. The van der Waals surface area contributed by atoms with Gasteiger partial charge in [0.1, 0.15) is 17.4 Å². The maximum atomic E-state index is 13.0. The second-order valence-corrected chi connectivity index (χ2v) is 8.85. The summed E-state index contributed by atoms with van der Waals surface area (Å²) in [6, 6.07) is 14.7. The van der Waals surface area contributed by atoms with Gasteiger partial charge in [0.25, 0.3) is 15.9 Å². The highest BCUT2D eigenvalue weighted by Crippen LogP contribution is 2.24. The quantitative estimate of drug-likeness (QED) is 0.524. The van der Waals surface area contributed by atoms with Crippen molar-refractivity contribution in [2.75, 3.05) is 11.3 Å². The topological polar surface area (TPSA) is 84.5 Å². The SMILES string of the molecule is Cc1cc(S(=O)(=O)Nc2ccc(F)cc2)ccc1OCC(=O)NC(C)c1ccc(F)cc1. The first-order valence-electron chi connectivity index (χ1n) is 9.71. The summed E-state index contributed by atoms with van der Waals surface area (Å²) in [7, 11) is -3.88. The lowest BCUT2D eigenvalue weighted by molar-refractivity contribution is -0.123. The molecule has 3 aromatic carbocycles. The highest BCUT2D eigenvalue weighted by molar-refractivity contribution is 7.92. The molecule has 1 unspecified atom stereocenters. The molecule has 6 nitrogen and oxygen atoms in total. The lowest BCUT2D eigenvalue weighted by Gasteiger charge is -2.16. The summed E-state index contributed by atoms with van der Waals surface area (Å²) in [5.41, 5.74) is 1.50. The van der Waals surface area contributed by atoms with Gasteiger partial charge in [0.15, 0.2) is 6.61 Å². The molecule has 0 aliphatic carbocycles. The molecule has 0 aromatic heterocycles. The first kappa shape index (κ1) is 23.2. The third kappa shape index (κ3) is 6.04. The van der Waals surface area contributed by atoms with Crippen LogP contribution >= 0.6 is 0 Å². The Labute approximate surface area is 185 Å². The number of anilines is 1. The average molecular weight is 461 g/mol. The minimum Gasteiger partial charge on any atom is -0.484 e. The lowest BCUT2D eigenvalue weighted by atomic mass is 10.1. The van der Waals surface area contributed by atoms with Gasteiger partial charge in [-0.1, -0.05) is 12.1 Å². The number of benzene rings is 3. The van der Waals surface area contributed by atoms with E-state index in [0.29, 0.717) is 11.3 Å². The summed E-state index contributed by atoms with van der Waals surface area (Å²) >= 11 is 0. The molecule has 2 N–H and O–H groups in total. The Morgan fingerprint density at radius 2 is 1.56 bits per heavy atom. The van der Waals surface area contributed by atoms with Crippen molar-refractivity contribution in [2.24, 2.45) is 0 Å². The van der Waals surface area contributed by atoms with Crippen LogP contribution < -0.4 is 14.8 Å². The molecule has 0 radical (unpaired) electrons. The Bertz CT molecular complexity index is 1200. The zero-order valence-corrected chi connectivity index (χ0v) is 18.2. The lowest BCUT2D eigenvalue weighted by Crippen LogP contribution is -2.31. The molecular formula is C23H22F2N2O4S. The second-order valence-electron chi connectivity index (χ2n) is 7.17. The standard InChI is InChI=1S/C23H22F2N2O4S/c1-15-13-21(32(29,30)27-20-9-7-19(25)8-10-20)11-12-22(15)31-14-23(28)26-16(2)17-3-5-18(24)6-4-17/h3-13,16,27H,14H2,1-2H3,(H,26,28). The molecule has 0 saturated carbocycles. The van der Waals surface area contributed by atoms with Crippen LogP contribution in [0.15, 0.2) is 71.6 Å². The number of carbonyl (C=O) groups is 1. The van der Waals surface area contributed by atoms with Gasteiger partial charge in [-0.3, -0.25) is 9.52 Å². The van der Waals surface area contributed by atoms with Crippen molar-refractivity contribution < 1.29 is 26.7 Å². The van der Waals surface area contributed by atoms with Gasteiger partial charge in [-0.2, -0.15) is 0 Å². The largest absolute Gasteiger partial charge is 0.484 e. The van der Waals surface area contributed by atoms with Crippen molar-refractivity contribution in [2.45, 2.75) is 24.8 Å². The smallest absolute Gasteiger partial charge is 0.261 e. The van der Waals surface area contributed by atoms with E-state index < -0.39 is 15.8 Å². The number of aryl methyl sites for hydroxylation is 1. The first-order valence-corrected chi connectivity index (χ1v) is 11.2. The van der Waals surface area contributed by atoms with E-state index in [1.54, 1.807) is 26.0 Å². The van der Waals surface area contributed by atoms with Gasteiger partial charge < -0.3 is 10.1 Å². The van der Waals surface area contributed by atoms with E-state index in [1.807, 2.05) is 0 Å². The minimum atomic E-state index is -3.88. The van der Waals surface area contributed by atoms with Crippen LogP contribution in [0.4, 0.5) is 14.5 Å². The number of hydrogen-bond acceptors (Lipinski definition) is 4. The predicted molar refractivity (Wildman–Crippen MR) is 117 cm³/mol. The first-order chi connectivity index (χ1) is 15.1. The van der Waals surface area contributed by atoms with Crippen LogP contribution in [0.3, 0.4) is 0 Å². The van der Waals surface area contributed by atoms with Gasteiger partial charge in [0, 0.05) is 5.69 Å². The average Bonchev–Trinajstić information content (AvgIpc) is 2.74. The zero-order chi connectivity index (χ0) is 23.3. The van der Waals surface area contributed by atoms with Gasteiger partial charge in [-0.25, -0.2) is 17.2 Å². The molecule has 9 heteroatoms. The monoisotopic (exact) mass is 460 g/mol. The molecule has 0 bridgehead atoms. The molecule has 32 heavy (non-hydrogen) atoms. The van der Waals surface area contributed by atoms with Gasteiger partial charge in [-0.05, 0) is 79.6 Å². The zero-order valence-electron chi connectivity index (χ0n) is 17.4. The van der Waals surface area contributed by atoms with Crippen LogP contribution in [0.1, 0.15) is 24.1 Å². The van der Waals surface area contributed by atoms with Gasteiger partial charge >= 0.3 is 0 Å². The number of nitrogens with one attached hydrogen (secondary N) is 2. The number of sulfonamides is 1. The van der Waals surface area contributed by atoms with Gasteiger partial charge in [0.05, 0.1) is 10.9 Å². The Kier molecular flexibility index (Phi) is 7.09. The van der Waals surface area contributed by atoms with E-state index in [2.05, 4.69) is 10.0 Å². The van der Waals surface area contributed by atoms with Crippen molar-refractivity contribution in [3.8, 4) is 5.75 Å². The Morgan fingerprint density at radius 1 is 0.969 bits per heavy atom. The number of amides is 1. The van der Waals surface area contributed by atoms with E-state index in [4.69, 9.17) is 4.74 Å². The van der Waals surface area contributed by atoms with Crippen molar-refractivity contribution in [1.29, 1.82) is 0 Å². The fourth-order valence-corrected chi connectivity index (χ4v) is 4.09. The minimum absolute atomic E-state index is 0.000980. The summed E-state index contributed by atoms with van der Waals surface area (Å²) < 4.78 is 59.0. The van der Waals surface area contributed by atoms with E-state index in [9.17, 15) is 22.0 Å². The van der Waals surface area contributed by atoms with Gasteiger partial charge in [-0.15, -0.1) is 0 Å².